The van der Waals surface area contributed by atoms with E-state index in [1.807, 2.05) is 49.1 Å². The van der Waals surface area contributed by atoms with Crippen LogP contribution in [0.15, 0.2) is 47.7 Å². The van der Waals surface area contributed by atoms with Gasteiger partial charge in [0.15, 0.2) is 5.11 Å². The van der Waals surface area contributed by atoms with Crippen molar-refractivity contribution in [3.63, 3.8) is 0 Å². The average molecular weight is 415 g/mol. The summed E-state index contributed by atoms with van der Waals surface area (Å²) in [7, 11) is 3.22. The fourth-order valence-electron chi connectivity index (χ4n) is 3.52. The molecule has 1 aliphatic rings. The van der Waals surface area contributed by atoms with Crippen LogP contribution in [-0.4, -0.2) is 50.0 Å². The summed E-state index contributed by atoms with van der Waals surface area (Å²) in [5.41, 5.74) is 2.31. The van der Waals surface area contributed by atoms with Crippen LogP contribution >= 0.6 is 12.2 Å². The highest BCUT2D eigenvalue weighted by molar-refractivity contribution is 7.80. The minimum atomic E-state index is -0.383. The van der Waals surface area contributed by atoms with E-state index >= 15 is 0 Å². The molecule has 1 atom stereocenters. The molecule has 7 heteroatoms. The summed E-state index contributed by atoms with van der Waals surface area (Å²) in [5.74, 6) is 0.437. The molecule has 0 saturated carbocycles. The van der Waals surface area contributed by atoms with Gasteiger partial charge in [0.1, 0.15) is 12.4 Å². The van der Waals surface area contributed by atoms with Crippen LogP contribution in [0.1, 0.15) is 25.5 Å². The summed E-state index contributed by atoms with van der Waals surface area (Å²) >= 11 is 5.55. The molecule has 0 aromatic heterocycles. The Morgan fingerprint density at radius 2 is 1.86 bits per heavy atom. The predicted octanol–water partition coefficient (Wildman–Crippen LogP) is 3.56. The smallest absolute Gasteiger partial charge is 0.338 e. The molecule has 154 valence electrons. The number of benzene rings is 2. The lowest BCUT2D eigenvalue weighted by atomic mass is 9.93. The Morgan fingerprint density at radius 3 is 2.55 bits per heavy atom. The van der Waals surface area contributed by atoms with Crippen LogP contribution in [0, 0.1) is 0 Å². The molecule has 0 amide bonds. The Balaban J connectivity index is 2.02. The van der Waals surface area contributed by atoms with Gasteiger partial charge in [-0.2, -0.15) is 0 Å². The van der Waals surface area contributed by atoms with E-state index in [0.717, 1.165) is 27.8 Å². The number of nitrogens with one attached hydrogen (secondary N) is 1. The fourth-order valence-corrected chi connectivity index (χ4v) is 3.90. The maximum absolute atomic E-state index is 12.9. The zero-order valence-electron chi connectivity index (χ0n) is 17.2. The number of fused-ring (bicyclic) bond motifs is 1. The van der Waals surface area contributed by atoms with Crippen LogP contribution in [0.5, 0.6) is 5.75 Å². The van der Waals surface area contributed by atoms with E-state index in [2.05, 4.69) is 11.4 Å². The molecule has 3 rings (SSSR count). The predicted molar refractivity (Wildman–Crippen MR) is 117 cm³/mol. The number of methoxy groups -OCH3 is 2. The number of esters is 1. The molecule has 0 unspecified atom stereocenters. The van der Waals surface area contributed by atoms with Crippen LogP contribution in [0.2, 0.25) is 0 Å². The maximum atomic E-state index is 12.9. The molecule has 0 radical (unpaired) electrons. The third-order valence-corrected chi connectivity index (χ3v) is 5.40. The van der Waals surface area contributed by atoms with Gasteiger partial charge in [-0.25, -0.2) is 4.79 Å². The average Bonchev–Trinajstić information content (AvgIpc) is 2.72. The first kappa shape index (κ1) is 21.1. The molecule has 1 aliphatic heterocycles. The second-order valence-corrected chi connectivity index (χ2v) is 7.11. The van der Waals surface area contributed by atoms with Gasteiger partial charge in [0.25, 0.3) is 0 Å². The molecule has 0 aliphatic carbocycles. The molecular weight excluding hydrogens is 388 g/mol. The van der Waals surface area contributed by atoms with Gasteiger partial charge in [0.05, 0.1) is 25.3 Å². The van der Waals surface area contributed by atoms with Crippen molar-refractivity contribution >= 4 is 34.1 Å². The van der Waals surface area contributed by atoms with E-state index < -0.39 is 0 Å². The quantitative estimate of drug-likeness (QED) is 0.422. The molecule has 0 bridgehead atoms. The molecule has 6 nitrogen and oxygen atoms in total. The number of rotatable bonds is 7. The molecule has 2 aromatic rings. The molecule has 1 N–H and O–H groups in total. The second kappa shape index (κ2) is 9.24. The zero-order valence-corrected chi connectivity index (χ0v) is 18.0. The number of carbonyl (C=O) groups is 1. The Hall–Kier alpha value is -2.64. The summed E-state index contributed by atoms with van der Waals surface area (Å²) in [6.07, 6.45) is 0. The lowest BCUT2D eigenvalue weighted by Crippen LogP contribution is -2.47. The van der Waals surface area contributed by atoms with E-state index in [0.29, 0.717) is 23.8 Å². The first-order chi connectivity index (χ1) is 14.0. The molecule has 2 aromatic carbocycles. The summed E-state index contributed by atoms with van der Waals surface area (Å²) in [5, 5.41) is 6.03. The Morgan fingerprint density at radius 1 is 1.14 bits per heavy atom. The number of thiocarbonyl (C=S) groups is 1. The standard InChI is InChI=1S/C22H26N2O4S/c1-5-24-14(2)19(21(25)28-11-10-26-3)20(23-22(24)29)17-7-6-16-13-18(27-4)9-8-15(16)12-17/h6-9,12-13,20H,5,10-11H2,1-4H3,(H,23,29)/t20-/m1/s1. The number of nitrogens with zero attached hydrogens (tertiary/aromatic N) is 1. The fraction of sp³-hybridized carbons (Fsp3) is 0.364. The second-order valence-electron chi connectivity index (χ2n) is 6.73. The molecular formula is C22H26N2O4S. The van der Waals surface area contributed by atoms with Gasteiger partial charge in [-0.1, -0.05) is 18.2 Å². The van der Waals surface area contributed by atoms with Crippen LogP contribution in [-0.2, 0) is 14.3 Å². The minimum Gasteiger partial charge on any atom is -0.497 e. The van der Waals surface area contributed by atoms with E-state index in [4.69, 9.17) is 26.4 Å². The zero-order chi connectivity index (χ0) is 21.0. The first-order valence-corrected chi connectivity index (χ1v) is 9.93. The topological polar surface area (TPSA) is 60.0 Å². The lowest BCUT2D eigenvalue weighted by Gasteiger charge is -2.37. The summed E-state index contributed by atoms with van der Waals surface area (Å²) < 4.78 is 15.7. The monoisotopic (exact) mass is 414 g/mol. The van der Waals surface area contributed by atoms with Crippen molar-refractivity contribution in [1.29, 1.82) is 0 Å². The van der Waals surface area contributed by atoms with Gasteiger partial charge >= 0.3 is 5.97 Å². The van der Waals surface area contributed by atoms with Crippen LogP contribution in [0.4, 0.5) is 0 Å². The van der Waals surface area contributed by atoms with E-state index in [-0.39, 0.29) is 18.6 Å². The molecule has 29 heavy (non-hydrogen) atoms. The third-order valence-electron chi connectivity index (χ3n) is 5.06. The van der Waals surface area contributed by atoms with Crippen molar-refractivity contribution in [2.75, 3.05) is 34.0 Å². The van der Waals surface area contributed by atoms with Gasteiger partial charge in [-0.05, 0) is 60.6 Å². The molecule has 0 spiro atoms. The van der Waals surface area contributed by atoms with Crippen LogP contribution in [0.25, 0.3) is 10.8 Å². The van der Waals surface area contributed by atoms with Crippen molar-refractivity contribution in [3.05, 3.63) is 53.2 Å². The van der Waals surface area contributed by atoms with Gasteiger partial charge < -0.3 is 24.4 Å². The van der Waals surface area contributed by atoms with Crippen LogP contribution in [0.3, 0.4) is 0 Å². The largest absolute Gasteiger partial charge is 0.497 e. The van der Waals surface area contributed by atoms with Gasteiger partial charge in [-0.15, -0.1) is 0 Å². The van der Waals surface area contributed by atoms with Crippen molar-refractivity contribution in [3.8, 4) is 5.75 Å². The van der Waals surface area contributed by atoms with Crippen molar-refractivity contribution in [2.24, 2.45) is 0 Å². The number of carbonyl (C=O) groups excluding carboxylic acids is 1. The number of ether oxygens (including phenoxy) is 3. The Kier molecular flexibility index (Phi) is 6.71. The van der Waals surface area contributed by atoms with Crippen molar-refractivity contribution in [2.45, 2.75) is 19.9 Å². The van der Waals surface area contributed by atoms with Crippen LogP contribution < -0.4 is 10.1 Å². The van der Waals surface area contributed by atoms with Crippen molar-refractivity contribution < 1.29 is 19.0 Å². The Bertz CT molecular complexity index is 957. The summed E-state index contributed by atoms with van der Waals surface area (Å²) in [6, 6.07) is 11.6. The number of allylic oxidation sites excluding steroid dienone is 1. The summed E-state index contributed by atoms with van der Waals surface area (Å²) in [6.45, 7) is 5.12. The van der Waals surface area contributed by atoms with E-state index in [1.165, 1.54) is 0 Å². The SMILES string of the molecule is CCN1C(=S)N[C@H](c2ccc3cc(OC)ccc3c2)C(C(=O)OCCOC)=C1C. The lowest BCUT2D eigenvalue weighted by molar-refractivity contribution is -0.140. The summed E-state index contributed by atoms with van der Waals surface area (Å²) in [4.78, 5) is 14.8. The van der Waals surface area contributed by atoms with Gasteiger partial charge in [-0.3, -0.25) is 0 Å². The van der Waals surface area contributed by atoms with E-state index in [1.54, 1.807) is 14.2 Å². The maximum Gasteiger partial charge on any atom is 0.338 e. The molecule has 1 heterocycles. The third kappa shape index (κ3) is 4.36. The highest BCUT2D eigenvalue weighted by Gasteiger charge is 2.34. The normalized spacial score (nSPS) is 16.8. The van der Waals surface area contributed by atoms with Crippen molar-refractivity contribution in [1.82, 2.24) is 10.2 Å². The minimum absolute atomic E-state index is 0.201. The van der Waals surface area contributed by atoms with Gasteiger partial charge in [0, 0.05) is 19.4 Å². The molecule has 0 saturated heterocycles. The first-order valence-electron chi connectivity index (χ1n) is 9.52. The number of hydrogen-bond donors (Lipinski definition) is 1. The highest BCUT2D eigenvalue weighted by atomic mass is 32.1. The Labute approximate surface area is 176 Å². The highest BCUT2D eigenvalue weighted by Crippen LogP contribution is 2.33. The van der Waals surface area contributed by atoms with Gasteiger partial charge in [0.2, 0.25) is 0 Å². The molecule has 0 fully saturated rings. The number of hydrogen-bond acceptors (Lipinski definition) is 5. The van der Waals surface area contributed by atoms with E-state index in [9.17, 15) is 4.79 Å².